The Morgan fingerprint density at radius 2 is 1.57 bits per heavy atom. The van der Waals surface area contributed by atoms with Crippen LogP contribution < -0.4 is 0 Å². The van der Waals surface area contributed by atoms with Gasteiger partial charge in [0.25, 0.3) is 11.8 Å². The molecule has 0 unspecified atom stereocenters. The lowest BCUT2D eigenvalue weighted by molar-refractivity contribution is 0.474. The summed E-state index contributed by atoms with van der Waals surface area (Å²) in [5, 5.41) is 19.8. The predicted molar refractivity (Wildman–Crippen MR) is 84.3 cm³/mol. The molecule has 1 N–H and O–H groups in total. The smallest absolute Gasteiger partial charge is 0.252 e. The first-order chi connectivity index (χ1) is 11.2. The maximum Gasteiger partial charge on any atom is 0.252 e. The van der Waals surface area contributed by atoms with Crippen molar-refractivity contribution in [3.8, 4) is 28.7 Å². The van der Waals surface area contributed by atoms with Crippen LogP contribution in [0.25, 0.3) is 33.7 Å². The Labute approximate surface area is 130 Å². The molecule has 112 valence electrons. The van der Waals surface area contributed by atoms with Crippen molar-refractivity contribution in [1.29, 1.82) is 0 Å². The predicted octanol–water partition coefficient (Wildman–Crippen LogP) is 4.40. The maximum atomic E-state index is 13.8. The van der Waals surface area contributed by atoms with Crippen LogP contribution in [-0.4, -0.2) is 15.3 Å². The lowest BCUT2D eigenvalue weighted by atomic mass is 10.0. The lowest BCUT2D eigenvalue weighted by Crippen LogP contribution is -1.83. The number of phenolic OH excluding ortho intramolecular Hbond substituents is 1. The number of hydrogen-bond donors (Lipinski definition) is 1. The largest absolute Gasteiger partial charge is 0.507 e. The van der Waals surface area contributed by atoms with Crippen LogP contribution in [0.1, 0.15) is 0 Å². The van der Waals surface area contributed by atoms with Crippen molar-refractivity contribution in [3.63, 3.8) is 0 Å². The molecule has 0 spiro atoms. The average molecular weight is 306 g/mol. The highest BCUT2D eigenvalue weighted by molar-refractivity contribution is 5.97. The van der Waals surface area contributed by atoms with Crippen molar-refractivity contribution in [2.45, 2.75) is 0 Å². The summed E-state index contributed by atoms with van der Waals surface area (Å²) in [5.74, 6) is -0.180. The average Bonchev–Trinajstić information content (AvgIpc) is 3.04. The number of hydrogen-bond acceptors (Lipinski definition) is 4. The van der Waals surface area contributed by atoms with Gasteiger partial charge >= 0.3 is 0 Å². The summed E-state index contributed by atoms with van der Waals surface area (Å²) >= 11 is 0. The highest BCUT2D eigenvalue weighted by atomic mass is 19.1. The standard InChI is InChI=1S/C18H11FN2O2/c19-14-8-4-3-7-13(14)17-20-21-18(23-17)16-12-6-2-1-5-11(12)9-10-15(16)22/h1-10,22H. The molecule has 1 aromatic heterocycles. The summed E-state index contributed by atoms with van der Waals surface area (Å²) < 4.78 is 19.4. The Morgan fingerprint density at radius 3 is 2.43 bits per heavy atom. The molecule has 0 radical (unpaired) electrons. The van der Waals surface area contributed by atoms with Crippen LogP contribution in [0, 0.1) is 5.82 Å². The summed E-state index contributed by atoms with van der Waals surface area (Å²) in [7, 11) is 0. The van der Waals surface area contributed by atoms with Crippen LogP contribution in [0.5, 0.6) is 5.75 Å². The van der Waals surface area contributed by atoms with Crippen LogP contribution in [0.15, 0.2) is 65.1 Å². The van der Waals surface area contributed by atoms with Crippen molar-refractivity contribution >= 4 is 10.8 Å². The first-order valence-corrected chi connectivity index (χ1v) is 7.03. The Hall–Kier alpha value is -3.21. The molecule has 0 aliphatic heterocycles. The molecule has 0 fully saturated rings. The quantitative estimate of drug-likeness (QED) is 0.596. The van der Waals surface area contributed by atoms with E-state index in [1.54, 1.807) is 24.3 Å². The van der Waals surface area contributed by atoms with Gasteiger partial charge in [0.2, 0.25) is 0 Å². The summed E-state index contributed by atoms with van der Waals surface area (Å²) in [6, 6.07) is 17.1. The van der Waals surface area contributed by atoms with E-state index in [-0.39, 0.29) is 23.1 Å². The third kappa shape index (κ3) is 2.23. The van der Waals surface area contributed by atoms with Gasteiger partial charge in [0, 0.05) is 0 Å². The lowest BCUT2D eigenvalue weighted by Gasteiger charge is -2.05. The Bertz CT molecular complexity index is 1010. The number of phenols is 1. The van der Waals surface area contributed by atoms with E-state index in [0.29, 0.717) is 5.56 Å². The molecule has 0 aliphatic carbocycles. The topological polar surface area (TPSA) is 59.2 Å². The molecule has 0 bridgehead atoms. The van der Waals surface area contributed by atoms with Gasteiger partial charge in [0.15, 0.2) is 0 Å². The summed E-state index contributed by atoms with van der Waals surface area (Å²) in [6.07, 6.45) is 0. The van der Waals surface area contributed by atoms with Gasteiger partial charge < -0.3 is 9.52 Å². The second-order valence-corrected chi connectivity index (χ2v) is 5.07. The molecular formula is C18H11FN2O2. The van der Waals surface area contributed by atoms with E-state index in [9.17, 15) is 9.50 Å². The fourth-order valence-corrected chi connectivity index (χ4v) is 2.55. The molecule has 4 rings (SSSR count). The Morgan fingerprint density at radius 1 is 0.826 bits per heavy atom. The zero-order valence-electron chi connectivity index (χ0n) is 11.9. The third-order valence-corrected chi connectivity index (χ3v) is 3.65. The number of nitrogens with zero attached hydrogens (tertiary/aromatic N) is 2. The number of benzene rings is 3. The Balaban J connectivity index is 1.90. The van der Waals surface area contributed by atoms with Crippen LogP contribution >= 0.6 is 0 Å². The fraction of sp³-hybridized carbons (Fsp3) is 0. The minimum Gasteiger partial charge on any atom is -0.507 e. The Kier molecular flexibility index (Phi) is 3.05. The van der Waals surface area contributed by atoms with Gasteiger partial charge in [-0.3, -0.25) is 0 Å². The molecule has 1 heterocycles. The van der Waals surface area contributed by atoms with Crippen molar-refractivity contribution < 1.29 is 13.9 Å². The zero-order chi connectivity index (χ0) is 15.8. The number of aromatic hydroxyl groups is 1. The van der Waals surface area contributed by atoms with E-state index in [0.717, 1.165) is 10.8 Å². The fourth-order valence-electron chi connectivity index (χ4n) is 2.55. The highest BCUT2D eigenvalue weighted by Gasteiger charge is 2.18. The molecule has 4 nitrogen and oxygen atoms in total. The number of aromatic nitrogens is 2. The van der Waals surface area contributed by atoms with E-state index < -0.39 is 5.82 Å². The number of fused-ring (bicyclic) bond motifs is 1. The van der Waals surface area contributed by atoms with Crippen molar-refractivity contribution in [2.24, 2.45) is 0 Å². The first kappa shape index (κ1) is 13.5. The molecule has 0 amide bonds. The third-order valence-electron chi connectivity index (χ3n) is 3.65. The monoisotopic (exact) mass is 306 g/mol. The molecular weight excluding hydrogens is 295 g/mol. The number of rotatable bonds is 2. The maximum absolute atomic E-state index is 13.8. The summed E-state index contributed by atoms with van der Waals surface area (Å²) in [4.78, 5) is 0. The molecule has 0 saturated carbocycles. The van der Waals surface area contributed by atoms with Gasteiger partial charge in [-0.05, 0) is 29.0 Å². The SMILES string of the molecule is Oc1ccc2ccccc2c1-c1nnc(-c2ccccc2F)o1. The summed E-state index contributed by atoms with van der Waals surface area (Å²) in [5.41, 5.74) is 0.671. The molecule has 4 aromatic rings. The highest BCUT2D eigenvalue weighted by Crippen LogP contribution is 2.36. The van der Waals surface area contributed by atoms with Gasteiger partial charge in [0.05, 0.1) is 11.1 Å². The van der Waals surface area contributed by atoms with Gasteiger partial charge in [0.1, 0.15) is 11.6 Å². The van der Waals surface area contributed by atoms with E-state index in [1.807, 2.05) is 30.3 Å². The minimum absolute atomic E-state index is 0.0347. The molecule has 0 aliphatic rings. The molecule has 0 saturated heterocycles. The zero-order valence-corrected chi connectivity index (χ0v) is 11.9. The first-order valence-electron chi connectivity index (χ1n) is 7.03. The molecule has 5 heteroatoms. The van der Waals surface area contributed by atoms with Crippen LogP contribution in [-0.2, 0) is 0 Å². The van der Waals surface area contributed by atoms with Crippen molar-refractivity contribution in [1.82, 2.24) is 10.2 Å². The van der Waals surface area contributed by atoms with Gasteiger partial charge in [-0.15, -0.1) is 10.2 Å². The van der Waals surface area contributed by atoms with Crippen LogP contribution in [0.4, 0.5) is 4.39 Å². The van der Waals surface area contributed by atoms with Crippen molar-refractivity contribution in [3.05, 3.63) is 66.5 Å². The van der Waals surface area contributed by atoms with E-state index in [2.05, 4.69) is 10.2 Å². The number of halogens is 1. The molecule has 23 heavy (non-hydrogen) atoms. The van der Waals surface area contributed by atoms with E-state index in [1.165, 1.54) is 6.07 Å². The van der Waals surface area contributed by atoms with Crippen LogP contribution in [0.2, 0.25) is 0 Å². The van der Waals surface area contributed by atoms with Gasteiger partial charge in [-0.25, -0.2) is 4.39 Å². The second kappa shape index (κ2) is 5.21. The molecule has 3 aromatic carbocycles. The van der Waals surface area contributed by atoms with E-state index >= 15 is 0 Å². The molecule has 0 atom stereocenters. The summed E-state index contributed by atoms with van der Waals surface area (Å²) in [6.45, 7) is 0. The second-order valence-electron chi connectivity index (χ2n) is 5.07. The normalized spacial score (nSPS) is 11.0. The van der Waals surface area contributed by atoms with Crippen LogP contribution in [0.3, 0.4) is 0 Å². The van der Waals surface area contributed by atoms with E-state index in [4.69, 9.17) is 4.42 Å². The minimum atomic E-state index is -0.440. The van der Waals surface area contributed by atoms with Crippen molar-refractivity contribution in [2.75, 3.05) is 0 Å². The van der Waals surface area contributed by atoms with Gasteiger partial charge in [-0.2, -0.15) is 0 Å². The van der Waals surface area contributed by atoms with Gasteiger partial charge in [-0.1, -0.05) is 42.5 Å².